The highest BCUT2D eigenvalue weighted by atomic mass is 16.6. The molecule has 0 aromatic carbocycles. The van der Waals surface area contributed by atoms with Crippen LogP contribution in [0.25, 0.3) is 0 Å². The van der Waals surface area contributed by atoms with E-state index in [1.165, 1.54) is 31.1 Å². The van der Waals surface area contributed by atoms with E-state index in [-0.39, 0.29) is 32.8 Å². The second-order valence-electron chi connectivity index (χ2n) is 4.67. The minimum absolute atomic E-state index is 0.0346. The first-order chi connectivity index (χ1) is 11.3. The van der Waals surface area contributed by atoms with Crippen LogP contribution in [0.15, 0.2) is 12.4 Å². The van der Waals surface area contributed by atoms with Crippen molar-refractivity contribution in [2.75, 3.05) is 26.3 Å². The summed E-state index contributed by atoms with van der Waals surface area (Å²) in [5.74, 6) is -1.90. The van der Waals surface area contributed by atoms with Crippen molar-refractivity contribution in [1.82, 2.24) is 14.5 Å². The fourth-order valence-corrected chi connectivity index (χ4v) is 1.80. The zero-order valence-electron chi connectivity index (χ0n) is 13.3. The summed E-state index contributed by atoms with van der Waals surface area (Å²) >= 11 is 0. The van der Waals surface area contributed by atoms with Crippen molar-refractivity contribution >= 4 is 23.8 Å². The molecule has 1 amide bonds. The highest BCUT2D eigenvalue weighted by Gasteiger charge is 2.21. The Morgan fingerprint density at radius 1 is 1.21 bits per heavy atom. The number of imidazole rings is 1. The number of amides is 1. The van der Waals surface area contributed by atoms with Gasteiger partial charge in [0.15, 0.2) is 6.54 Å². The van der Waals surface area contributed by atoms with Crippen LogP contribution in [0.5, 0.6) is 0 Å². The first kappa shape index (κ1) is 19.1. The topological polar surface area (TPSA) is 134 Å². The summed E-state index contributed by atoms with van der Waals surface area (Å²) in [6.07, 6.45) is 2.53. The molecule has 1 aromatic rings. The molecule has 0 aliphatic heterocycles. The van der Waals surface area contributed by atoms with E-state index < -0.39 is 28.7 Å². The van der Waals surface area contributed by atoms with E-state index in [1.54, 1.807) is 0 Å². The summed E-state index contributed by atoms with van der Waals surface area (Å²) in [6, 6.07) is 0. The standard InChI is InChI=1S/C13H18N4O7/c1-10(18)23-7-5-15(6-8-24-11(2)19)12(20)9-16-4-3-14-13(16)17(21)22/h3-4H,5-9H2,1-2H3. The van der Waals surface area contributed by atoms with Gasteiger partial charge < -0.3 is 24.5 Å². The lowest BCUT2D eigenvalue weighted by Crippen LogP contribution is -2.39. The lowest BCUT2D eigenvalue weighted by atomic mass is 10.4. The van der Waals surface area contributed by atoms with Gasteiger partial charge in [0.25, 0.3) is 5.91 Å². The molecule has 0 spiro atoms. The Labute approximate surface area is 137 Å². The molecule has 0 atom stereocenters. The molecule has 1 aromatic heterocycles. The minimum Gasteiger partial charge on any atom is -0.464 e. The molecule has 0 unspecified atom stereocenters. The average Bonchev–Trinajstić information content (AvgIpc) is 2.93. The summed E-state index contributed by atoms with van der Waals surface area (Å²) < 4.78 is 10.6. The zero-order chi connectivity index (χ0) is 18.1. The van der Waals surface area contributed by atoms with Crippen molar-refractivity contribution < 1.29 is 28.8 Å². The molecule has 11 nitrogen and oxygen atoms in total. The van der Waals surface area contributed by atoms with Gasteiger partial charge in [-0.1, -0.05) is 4.98 Å². The predicted octanol–water partition coefficient (Wildman–Crippen LogP) is -0.254. The number of carbonyl (C=O) groups is 3. The minimum atomic E-state index is -0.699. The Morgan fingerprint density at radius 2 is 1.75 bits per heavy atom. The number of nitro groups is 1. The van der Waals surface area contributed by atoms with Crippen LogP contribution >= 0.6 is 0 Å². The van der Waals surface area contributed by atoms with Gasteiger partial charge in [0, 0.05) is 13.8 Å². The maximum absolute atomic E-state index is 12.3. The number of carbonyl (C=O) groups excluding carboxylic acids is 3. The molecule has 132 valence electrons. The third kappa shape index (κ3) is 6.42. The summed E-state index contributed by atoms with van der Waals surface area (Å²) in [4.78, 5) is 48.8. The van der Waals surface area contributed by atoms with Gasteiger partial charge in [0.1, 0.15) is 25.6 Å². The number of hydrogen-bond donors (Lipinski definition) is 0. The molecule has 11 heteroatoms. The summed E-state index contributed by atoms with van der Waals surface area (Å²) in [5.41, 5.74) is 0. The molecule has 0 radical (unpaired) electrons. The molecule has 0 aliphatic carbocycles. The highest BCUT2D eigenvalue weighted by Crippen LogP contribution is 2.08. The number of hydrogen-bond acceptors (Lipinski definition) is 8. The Balaban J connectivity index is 2.69. The molecule has 0 saturated heterocycles. The number of aromatic nitrogens is 2. The molecule has 0 aliphatic rings. The van der Waals surface area contributed by atoms with E-state index in [0.29, 0.717) is 0 Å². The van der Waals surface area contributed by atoms with E-state index in [1.807, 2.05) is 0 Å². The normalized spacial score (nSPS) is 10.1. The van der Waals surface area contributed by atoms with Crippen molar-refractivity contribution in [3.8, 4) is 0 Å². The Bertz CT molecular complexity index is 593. The van der Waals surface area contributed by atoms with Crippen molar-refractivity contribution in [3.63, 3.8) is 0 Å². The Morgan fingerprint density at radius 3 is 2.21 bits per heavy atom. The average molecular weight is 342 g/mol. The monoisotopic (exact) mass is 342 g/mol. The molecular formula is C13H18N4O7. The SMILES string of the molecule is CC(=O)OCCN(CCOC(C)=O)C(=O)Cn1ccnc1[N+](=O)[O-]. The van der Waals surface area contributed by atoms with Crippen molar-refractivity contribution in [1.29, 1.82) is 0 Å². The molecule has 24 heavy (non-hydrogen) atoms. The number of esters is 2. The van der Waals surface area contributed by atoms with Gasteiger partial charge >= 0.3 is 17.9 Å². The molecule has 0 fully saturated rings. The zero-order valence-corrected chi connectivity index (χ0v) is 13.3. The van der Waals surface area contributed by atoms with Crippen LogP contribution in [0.1, 0.15) is 13.8 Å². The molecule has 0 saturated carbocycles. The quantitative estimate of drug-likeness (QED) is 0.340. The lowest BCUT2D eigenvalue weighted by Gasteiger charge is -2.21. The highest BCUT2D eigenvalue weighted by molar-refractivity contribution is 5.76. The van der Waals surface area contributed by atoms with Crippen molar-refractivity contribution in [2.24, 2.45) is 0 Å². The van der Waals surface area contributed by atoms with Gasteiger partial charge in [0.2, 0.25) is 0 Å². The summed E-state index contributed by atoms with van der Waals surface area (Å²) in [5, 5.41) is 10.8. The third-order valence-electron chi connectivity index (χ3n) is 2.85. The third-order valence-corrected chi connectivity index (χ3v) is 2.85. The van der Waals surface area contributed by atoms with Gasteiger partial charge in [-0.15, -0.1) is 0 Å². The van der Waals surface area contributed by atoms with Crippen LogP contribution in [0, 0.1) is 10.1 Å². The fraction of sp³-hybridized carbons (Fsp3) is 0.538. The number of ether oxygens (including phenoxy) is 2. The van der Waals surface area contributed by atoms with Gasteiger partial charge in [-0.25, -0.2) is 4.57 Å². The molecular weight excluding hydrogens is 324 g/mol. The number of rotatable bonds is 9. The smallest absolute Gasteiger partial charge is 0.435 e. The first-order valence-electron chi connectivity index (χ1n) is 7.01. The van der Waals surface area contributed by atoms with Gasteiger partial charge in [0.05, 0.1) is 13.1 Å². The second-order valence-corrected chi connectivity index (χ2v) is 4.67. The van der Waals surface area contributed by atoms with Crippen LogP contribution in [-0.2, 0) is 30.4 Å². The molecule has 1 rings (SSSR count). The second kappa shape index (κ2) is 9.22. The van der Waals surface area contributed by atoms with Gasteiger partial charge in [-0.3, -0.25) is 14.4 Å². The van der Waals surface area contributed by atoms with Crippen LogP contribution in [0.3, 0.4) is 0 Å². The number of nitrogens with zero attached hydrogens (tertiary/aromatic N) is 4. The van der Waals surface area contributed by atoms with Gasteiger partial charge in [-0.2, -0.15) is 0 Å². The fourth-order valence-electron chi connectivity index (χ4n) is 1.80. The van der Waals surface area contributed by atoms with E-state index in [0.717, 1.165) is 4.57 Å². The Kier molecular flexibility index (Phi) is 7.33. The van der Waals surface area contributed by atoms with E-state index >= 15 is 0 Å². The van der Waals surface area contributed by atoms with E-state index in [2.05, 4.69) is 4.98 Å². The predicted molar refractivity (Wildman–Crippen MR) is 78.7 cm³/mol. The molecule has 1 heterocycles. The van der Waals surface area contributed by atoms with Crippen molar-refractivity contribution in [3.05, 3.63) is 22.5 Å². The first-order valence-corrected chi connectivity index (χ1v) is 7.01. The summed E-state index contributed by atoms with van der Waals surface area (Å²) in [6.45, 7) is 2.24. The summed E-state index contributed by atoms with van der Waals surface area (Å²) in [7, 11) is 0. The maximum Gasteiger partial charge on any atom is 0.435 e. The van der Waals surface area contributed by atoms with E-state index in [9.17, 15) is 24.5 Å². The molecule has 0 N–H and O–H groups in total. The van der Waals surface area contributed by atoms with Crippen LogP contribution < -0.4 is 0 Å². The largest absolute Gasteiger partial charge is 0.464 e. The van der Waals surface area contributed by atoms with Crippen molar-refractivity contribution in [2.45, 2.75) is 20.4 Å². The Hall–Kier alpha value is -2.98. The van der Waals surface area contributed by atoms with Gasteiger partial charge in [-0.05, 0) is 4.92 Å². The van der Waals surface area contributed by atoms with Crippen LogP contribution in [-0.4, -0.2) is 63.5 Å². The van der Waals surface area contributed by atoms with Crippen LogP contribution in [0.4, 0.5) is 5.95 Å². The van der Waals surface area contributed by atoms with Crippen LogP contribution in [0.2, 0.25) is 0 Å². The maximum atomic E-state index is 12.3. The molecule has 0 bridgehead atoms. The lowest BCUT2D eigenvalue weighted by molar-refractivity contribution is -0.396. The van der Waals surface area contributed by atoms with E-state index in [4.69, 9.17) is 9.47 Å².